The average molecular weight is 302 g/mol. The smallest absolute Gasteiger partial charge is 0.255 e. The van der Waals surface area contributed by atoms with Crippen molar-refractivity contribution in [1.29, 1.82) is 0 Å². The van der Waals surface area contributed by atoms with Crippen molar-refractivity contribution in [2.75, 3.05) is 5.32 Å². The second-order valence-corrected chi connectivity index (χ2v) is 5.25. The molecule has 0 radical (unpaired) electrons. The molecule has 1 amide bonds. The molecule has 0 atom stereocenters. The molecular weight excluding hydrogens is 287 g/mol. The van der Waals surface area contributed by atoms with Gasteiger partial charge >= 0.3 is 0 Å². The van der Waals surface area contributed by atoms with E-state index < -0.39 is 5.82 Å². The largest absolute Gasteiger partial charge is 0.389 e. The highest BCUT2D eigenvalue weighted by molar-refractivity contribution is 7.80. The molecule has 0 spiro atoms. The van der Waals surface area contributed by atoms with E-state index in [1.807, 2.05) is 19.9 Å². The fraction of sp³-hybridized carbons (Fsp3) is 0.125. The van der Waals surface area contributed by atoms with Crippen LogP contribution in [0.1, 0.15) is 27.0 Å². The lowest BCUT2D eigenvalue weighted by Crippen LogP contribution is -2.18. The maximum absolute atomic E-state index is 13.2. The molecule has 0 saturated heterocycles. The third-order valence-corrected chi connectivity index (χ3v) is 3.48. The first-order valence-corrected chi connectivity index (χ1v) is 6.77. The third kappa shape index (κ3) is 3.44. The van der Waals surface area contributed by atoms with Crippen molar-refractivity contribution < 1.29 is 9.18 Å². The van der Waals surface area contributed by atoms with Crippen LogP contribution in [-0.2, 0) is 0 Å². The number of halogens is 1. The standard InChI is InChI=1S/C16H15FN2OS/c1-9-3-4-11(7-10(9)2)16(20)19-14-6-5-12(17)8-13(14)15(18)21/h3-8H,1-2H3,(H2,18,21)(H,19,20). The van der Waals surface area contributed by atoms with Crippen LogP contribution in [0, 0.1) is 19.7 Å². The number of amides is 1. The number of benzene rings is 2. The highest BCUT2D eigenvalue weighted by atomic mass is 32.1. The SMILES string of the molecule is Cc1ccc(C(=O)Nc2ccc(F)cc2C(N)=S)cc1C. The van der Waals surface area contributed by atoms with Crippen molar-refractivity contribution in [1.82, 2.24) is 0 Å². The van der Waals surface area contributed by atoms with Crippen molar-refractivity contribution >= 4 is 28.8 Å². The molecule has 2 aromatic rings. The maximum Gasteiger partial charge on any atom is 0.255 e. The lowest BCUT2D eigenvalue weighted by Gasteiger charge is -2.11. The van der Waals surface area contributed by atoms with Gasteiger partial charge in [0.15, 0.2) is 0 Å². The Balaban J connectivity index is 2.31. The average Bonchev–Trinajstić information content (AvgIpc) is 2.43. The number of anilines is 1. The summed E-state index contributed by atoms with van der Waals surface area (Å²) in [7, 11) is 0. The molecule has 0 saturated carbocycles. The molecule has 0 aromatic heterocycles. The normalized spacial score (nSPS) is 10.2. The fourth-order valence-corrected chi connectivity index (χ4v) is 2.08. The van der Waals surface area contributed by atoms with Crippen LogP contribution in [0.15, 0.2) is 36.4 Å². The van der Waals surface area contributed by atoms with E-state index in [0.717, 1.165) is 11.1 Å². The number of hydrogen-bond donors (Lipinski definition) is 2. The number of thiocarbonyl (C=S) groups is 1. The minimum Gasteiger partial charge on any atom is -0.389 e. The van der Waals surface area contributed by atoms with Crippen molar-refractivity contribution in [3.05, 3.63) is 64.5 Å². The summed E-state index contributed by atoms with van der Waals surface area (Å²) < 4.78 is 13.2. The van der Waals surface area contributed by atoms with Gasteiger partial charge in [0.05, 0.1) is 5.69 Å². The van der Waals surface area contributed by atoms with Crippen LogP contribution in [-0.4, -0.2) is 10.9 Å². The van der Waals surface area contributed by atoms with Gasteiger partial charge in [-0.25, -0.2) is 4.39 Å². The van der Waals surface area contributed by atoms with E-state index in [-0.39, 0.29) is 10.9 Å². The molecule has 0 unspecified atom stereocenters. The summed E-state index contributed by atoms with van der Waals surface area (Å²) >= 11 is 4.88. The molecule has 0 aliphatic carbocycles. The molecule has 0 heterocycles. The first-order chi connectivity index (χ1) is 9.88. The Hall–Kier alpha value is -2.27. The van der Waals surface area contributed by atoms with E-state index in [0.29, 0.717) is 16.8 Å². The molecule has 5 heteroatoms. The zero-order chi connectivity index (χ0) is 15.6. The molecule has 0 bridgehead atoms. The van der Waals surface area contributed by atoms with Crippen molar-refractivity contribution in [3.63, 3.8) is 0 Å². The fourth-order valence-electron chi connectivity index (χ4n) is 1.91. The zero-order valence-corrected chi connectivity index (χ0v) is 12.6. The van der Waals surface area contributed by atoms with Crippen LogP contribution < -0.4 is 11.1 Å². The number of carbonyl (C=O) groups is 1. The first kappa shape index (κ1) is 15.1. The molecule has 108 valence electrons. The Morgan fingerprint density at radius 1 is 1.14 bits per heavy atom. The summed E-state index contributed by atoms with van der Waals surface area (Å²) in [4.78, 5) is 12.3. The molecule has 0 aliphatic rings. The van der Waals surface area contributed by atoms with Gasteiger partial charge in [-0.2, -0.15) is 0 Å². The molecule has 2 rings (SSSR count). The molecule has 0 aliphatic heterocycles. The predicted octanol–water partition coefficient (Wildman–Crippen LogP) is 3.33. The van der Waals surface area contributed by atoms with Gasteiger partial charge in [-0.3, -0.25) is 4.79 Å². The van der Waals surface area contributed by atoms with Crippen LogP contribution in [0.3, 0.4) is 0 Å². The van der Waals surface area contributed by atoms with Crippen LogP contribution in [0.25, 0.3) is 0 Å². The summed E-state index contributed by atoms with van der Waals surface area (Å²) in [5.74, 6) is -0.746. The van der Waals surface area contributed by atoms with E-state index >= 15 is 0 Å². The second-order valence-electron chi connectivity index (χ2n) is 4.81. The number of nitrogens with one attached hydrogen (secondary N) is 1. The molecule has 0 fully saturated rings. The lowest BCUT2D eigenvalue weighted by molar-refractivity contribution is 0.102. The summed E-state index contributed by atoms with van der Waals surface area (Å²) in [6.07, 6.45) is 0. The molecule has 21 heavy (non-hydrogen) atoms. The number of hydrogen-bond acceptors (Lipinski definition) is 2. The van der Waals surface area contributed by atoms with Gasteiger partial charge in [-0.15, -0.1) is 0 Å². The van der Waals surface area contributed by atoms with Crippen LogP contribution >= 0.6 is 12.2 Å². The monoisotopic (exact) mass is 302 g/mol. The van der Waals surface area contributed by atoms with Gasteiger partial charge in [0.2, 0.25) is 0 Å². The highest BCUT2D eigenvalue weighted by Crippen LogP contribution is 2.19. The van der Waals surface area contributed by atoms with E-state index in [9.17, 15) is 9.18 Å². The lowest BCUT2D eigenvalue weighted by atomic mass is 10.1. The van der Waals surface area contributed by atoms with Gasteiger partial charge in [-0.05, 0) is 55.3 Å². The van der Waals surface area contributed by atoms with E-state index in [1.165, 1.54) is 18.2 Å². The first-order valence-electron chi connectivity index (χ1n) is 6.36. The Morgan fingerprint density at radius 2 is 1.86 bits per heavy atom. The molecular formula is C16H15FN2OS. The van der Waals surface area contributed by atoms with Gasteiger partial charge in [-0.1, -0.05) is 18.3 Å². The van der Waals surface area contributed by atoms with Crippen LogP contribution in [0.2, 0.25) is 0 Å². The Kier molecular flexibility index (Phi) is 4.33. The third-order valence-electron chi connectivity index (χ3n) is 3.26. The topological polar surface area (TPSA) is 55.1 Å². The van der Waals surface area contributed by atoms with E-state index in [4.69, 9.17) is 18.0 Å². The van der Waals surface area contributed by atoms with Gasteiger partial charge < -0.3 is 11.1 Å². The Morgan fingerprint density at radius 3 is 2.48 bits per heavy atom. The Labute approximate surface area is 128 Å². The summed E-state index contributed by atoms with van der Waals surface area (Å²) in [6.45, 7) is 3.91. The van der Waals surface area contributed by atoms with Crippen LogP contribution in [0.4, 0.5) is 10.1 Å². The zero-order valence-electron chi connectivity index (χ0n) is 11.7. The van der Waals surface area contributed by atoms with Gasteiger partial charge in [0, 0.05) is 11.1 Å². The van der Waals surface area contributed by atoms with Crippen molar-refractivity contribution in [3.8, 4) is 0 Å². The molecule has 3 N–H and O–H groups in total. The second kappa shape index (κ2) is 6.01. The molecule has 3 nitrogen and oxygen atoms in total. The van der Waals surface area contributed by atoms with Gasteiger partial charge in [0.25, 0.3) is 5.91 Å². The Bertz CT molecular complexity index is 728. The van der Waals surface area contributed by atoms with Crippen molar-refractivity contribution in [2.24, 2.45) is 5.73 Å². The van der Waals surface area contributed by atoms with Crippen LogP contribution in [0.5, 0.6) is 0 Å². The quantitative estimate of drug-likeness (QED) is 0.855. The van der Waals surface area contributed by atoms with E-state index in [2.05, 4.69) is 5.32 Å². The summed E-state index contributed by atoms with van der Waals surface area (Å²) in [5.41, 5.74) is 8.92. The number of carbonyl (C=O) groups excluding carboxylic acids is 1. The number of nitrogens with two attached hydrogens (primary N) is 1. The number of rotatable bonds is 3. The highest BCUT2D eigenvalue weighted by Gasteiger charge is 2.12. The van der Waals surface area contributed by atoms with Gasteiger partial charge in [0.1, 0.15) is 10.8 Å². The minimum absolute atomic E-state index is 0.0323. The van der Waals surface area contributed by atoms with E-state index in [1.54, 1.807) is 12.1 Å². The summed E-state index contributed by atoms with van der Waals surface area (Å²) in [6, 6.07) is 9.32. The number of aryl methyl sites for hydroxylation is 2. The molecule has 2 aromatic carbocycles. The van der Waals surface area contributed by atoms with Crippen molar-refractivity contribution in [2.45, 2.75) is 13.8 Å². The summed E-state index contributed by atoms with van der Waals surface area (Å²) in [5, 5.41) is 2.71. The predicted molar refractivity (Wildman–Crippen MR) is 86.2 cm³/mol. The minimum atomic E-state index is -0.457. The maximum atomic E-state index is 13.2.